The zero-order chi connectivity index (χ0) is 25.4. The van der Waals surface area contributed by atoms with Gasteiger partial charge in [-0.2, -0.15) is 0 Å². The topological polar surface area (TPSA) is 64.4 Å². The van der Waals surface area contributed by atoms with E-state index in [0.29, 0.717) is 51.7 Å². The van der Waals surface area contributed by atoms with Gasteiger partial charge in [0, 0.05) is 55.4 Å². The first-order valence-corrected chi connectivity index (χ1v) is 13.6. The standard InChI is InChI=1S/C29H24Cl2N2O2S/c1-36-22-14-10-17(11-15-22)25-26-23(6-3-7-24(26)34)33(21-5-2-4-20(31)16-21)29(32)27(25)28(35)18-8-12-19(30)13-9-18/h2,4-5,8-16,25,32,35H,3,6-7H2,1H3/b28-27+,32-29?. The van der Waals surface area contributed by atoms with E-state index in [1.165, 1.54) is 0 Å². The summed E-state index contributed by atoms with van der Waals surface area (Å²) in [5.41, 5.74) is 3.88. The van der Waals surface area contributed by atoms with Crippen LogP contribution in [-0.4, -0.2) is 23.0 Å². The van der Waals surface area contributed by atoms with Gasteiger partial charge < -0.3 is 5.11 Å². The SMILES string of the molecule is CSc1ccc(C2C3=C(CCCC3=O)N(c3cccc(Cl)c3)C(=N)/C2=C(/O)c2ccc(Cl)cc2)cc1. The average molecular weight is 535 g/mol. The third-order valence-electron chi connectivity index (χ3n) is 6.64. The van der Waals surface area contributed by atoms with Gasteiger partial charge in [0.1, 0.15) is 11.6 Å². The van der Waals surface area contributed by atoms with Crippen molar-refractivity contribution >= 4 is 58.0 Å². The summed E-state index contributed by atoms with van der Waals surface area (Å²) in [6.45, 7) is 0. The predicted octanol–water partition coefficient (Wildman–Crippen LogP) is 8.27. The van der Waals surface area contributed by atoms with Crippen LogP contribution in [0, 0.1) is 5.41 Å². The van der Waals surface area contributed by atoms with Crippen molar-refractivity contribution in [1.82, 2.24) is 0 Å². The lowest BCUT2D eigenvalue weighted by molar-refractivity contribution is -0.116. The lowest BCUT2D eigenvalue weighted by Crippen LogP contribution is -2.42. The van der Waals surface area contributed by atoms with Gasteiger partial charge >= 0.3 is 0 Å². The first kappa shape index (κ1) is 24.7. The van der Waals surface area contributed by atoms with Crippen molar-refractivity contribution in [3.05, 3.63) is 111 Å². The summed E-state index contributed by atoms with van der Waals surface area (Å²) in [7, 11) is 0. The molecule has 2 aliphatic rings. The van der Waals surface area contributed by atoms with Crippen molar-refractivity contribution in [2.75, 3.05) is 11.2 Å². The van der Waals surface area contributed by atoms with E-state index in [1.807, 2.05) is 42.7 Å². The Bertz CT molecular complexity index is 1410. The number of Topliss-reactive ketones (excluding diaryl/α,β-unsaturated/α-hetero) is 1. The highest BCUT2D eigenvalue weighted by Gasteiger charge is 2.43. The summed E-state index contributed by atoms with van der Waals surface area (Å²) in [4.78, 5) is 16.4. The van der Waals surface area contributed by atoms with Gasteiger partial charge in [-0.05, 0) is 79.3 Å². The number of carbonyl (C=O) groups is 1. The fourth-order valence-electron chi connectivity index (χ4n) is 4.98. The maximum atomic E-state index is 13.5. The average Bonchev–Trinajstić information content (AvgIpc) is 2.88. The van der Waals surface area contributed by atoms with Crippen LogP contribution in [0.5, 0.6) is 0 Å². The number of hydrogen-bond donors (Lipinski definition) is 2. The second-order valence-electron chi connectivity index (χ2n) is 8.78. The Morgan fingerprint density at radius 1 is 1.00 bits per heavy atom. The fourth-order valence-corrected chi connectivity index (χ4v) is 5.70. The Morgan fingerprint density at radius 2 is 1.72 bits per heavy atom. The van der Waals surface area contributed by atoms with Crippen LogP contribution in [0.15, 0.2) is 94.5 Å². The summed E-state index contributed by atoms with van der Waals surface area (Å²) in [5, 5.41) is 22.1. The number of carbonyl (C=O) groups excluding carboxylic acids is 1. The minimum Gasteiger partial charge on any atom is -0.507 e. The zero-order valence-corrected chi connectivity index (χ0v) is 21.9. The molecule has 0 saturated heterocycles. The molecule has 0 saturated carbocycles. The number of halogens is 2. The molecule has 2 N–H and O–H groups in total. The fraction of sp³-hybridized carbons (Fsp3) is 0.172. The molecule has 1 heterocycles. The number of ketones is 1. The molecular weight excluding hydrogens is 511 g/mol. The minimum atomic E-state index is -0.567. The van der Waals surface area contributed by atoms with Gasteiger partial charge in [-0.15, -0.1) is 11.8 Å². The van der Waals surface area contributed by atoms with Gasteiger partial charge in [0.15, 0.2) is 5.78 Å². The highest BCUT2D eigenvalue weighted by atomic mass is 35.5. The van der Waals surface area contributed by atoms with Crippen LogP contribution < -0.4 is 4.90 Å². The maximum absolute atomic E-state index is 13.5. The van der Waals surface area contributed by atoms with E-state index in [4.69, 9.17) is 23.2 Å². The number of amidine groups is 1. The first-order valence-electron chi connectivity index (χ1n) is 11.6. The van der Waals surface area contributed by atoms with E-state index in [9.17, 15) is 15.3 Å². The number of nitrogens with zero attached hydrogens (tertiary/aromatic N) is 1. The molecule has 1 atom stereocenters. The van der Waals surface area contributed by atoms with Gasteiger partial charge in [-0.1, -0.05) is 41.4 Å². The highest BCUT2D eigenvalue weighted by molar-refractivity contribution is 7.98. The molecule has 0 spiro atoms. The number of rotatable bonds is 4. The second-order valence-corrected chi connectivity index (χ2v) is 10.5. The molecule has 182 valence electrons. The minimum absolute atomic E-state index is 0.0381. The van der Waals surface area contributed by atoms with Crippen LogP contribution in [-0.2, 0) is 4.79 Å². The van der Waals surface area contributed by atoms with Crippen LogP contribution >= 0.6 is 35.0 Å². The molecule has 0 bridgehead atoms. The molecule has 0 fully saturated rings. The van der Waals surface area contributed by atoms with Crippen LogP contribution in [0.25, 0.3) is 5.76 Å². The smallest absolute Gasteiger partial charge is 0.161 e. The van der Waals surface area contributed by atoms with Crippen molar-refractivity contribution in [3.63, 3.8) is 0 Å². The number of nitrogens with one attached hydrogen (secondary N) is 1. The van der Waals surface area contributed by atoms with Gasteiger partial charge in [-0.25, -0.2) is 0 Å². The van der Waals surface area contributed by atoms with E-state index < -0.39 is 5.92 Å². The molecule has 7 heteroatoms. The molecule has 1 aliphatic carbocycles. The third kappa shape index (κ3) is 4.47. The number of aliphatic hydroxyl groups is 1. The van der Waals surface area contributed by atoms with E-state index in [1.54, 1.807) is 53.1 Å². The summed E-state index contributed by atoms with van der Waals surface area (Å²) >= 11 is 14.1. The van der Waals surface area contributed by atoms with Crippen molar-refractivity contribution < 1.29 is 9.90 Å². The second kappa shape index (κ2) is 10.2. The zero-order valence-electron chi connectivity index (χ0n) is 19.6. The van der Waals surface area contributed by atoms with Gasteiger partial charge in [0.25, 0.3) is 0 Å². The number of benzene rings is 3. The van der Waals surface area contributed by atoms with Crippen molar-refractivity contribution in [3.8, 4) is 0 Å². The molecule has 5 rings (SSSR count). The van der Waals surface area contributed by atoms with Gasteiger partial charge in [-0.3, -0.25) is 15.1 Å². The van der Waals surface area contributed by atoms with Crippen LogP contribution in [0.4, 0.5) is 5.69 Å². The number of hydrogen-bond acceptors (Lipinski definition) is 4. The largest absolute Gasteiger partial charge is 0.507 e. The van der Waals surface area contributed by atoms with Crippen LogP contribution in [0.2, 0.25) is 10.0 Å². The van der Waals surface area contributed by atoms with Crippen molar-refractivity contribution in [1.29, 1.82) is 5.41 Å². The Kier molecular flexibility index (Phi) is 6.98. The van der Waals surface area contributed by atoms with E-state index >= 15 is 0 Å². The molecule has 0 aromatic heterocycles. The normalized spacial score (nSPS) is 19.4. The molecule has 0 amide bonds. The number of aliphatic hydroxyl groups excluding tert-OH is 1. The van der Waals surface area contributed by atoms with Crippen molar-refractivity contribution in [2.45, 2.75) is 30.1 Å². The lowest BCUT2D eigenvalue weighted by Gasteiger charge is -2.41. The summed E-state index contributed by atoms with van der Waals surface area (Å²) in [5.74, 6) is -0.455. The third-order valence-corrected chi connectivity index (χ3v) is 7.87. The highest BCUT2D eigenvalue weighted by Crippen LogP contribution is 2.48. The van der Waals surface area contributed by atoms with Gasteiger partial charge in [0.05, 0.1) is 0 Å². The van der Waals surface area contributed by atoms with E-state index in [0.717, 1.165) is 16.2 Å². The molecule has 36 heavy (non-hydrogen) atoms. The molecule has 1 aliphatic heterocycles. The monoisotopic (exact) mass is 534 g/mol. The quantitative estimate of drug-likeness (QED) is 0.261. The first-order chi connectivity index (χ1) is 17.4. The Labute approximate surface area is 224 Å². The molecule has 0 radical (unpaired) electrons. The summed E-state index contributed by atoms with van der Waals surface area (Å²) in [6.07, 6.45) is 3.81. The van der Waals surface area contributed by atoms with Crippen molar-refractivity contribution in [2.24, 2.45) is 0 Å². The Hall–Kier alpha value is -2.99. The summed E-state index contributed by atoms with van der Waals surface area (Å²) in [6, 6.07) is 22.1. The van der Waals surface area contributed by atoms with Crippen LogP contribution in [0.1, 0.15) is 36.3 Å². The molecule has 3 aromatic rings. The molecule has 1 unspecified atom stereocenters. The molecule has 4 nitrogen and oxygen atoms in total. The number of thioether (sulfide) groups is 1. The van der Waals surface area contributed by atoms with E-state index in [-0.39, 0.29) is 17.4 Å². The summed E-state index contributed by atoms with van der Waals surface area (Å²) < 4.78 is 0. The molecular formula is C29H24Cl2N2O2S. The Morgan fingerprint density at radius 3 is 2.39 bits per heavy atom. The predicted molar refractivity (Wildman–Crippen MR) is 150 cm³/mol. The van der Waals surface area contributed by atoms with E-state index in [2.05, 4.69) is 0 Å². The van der Waals surface area contributed by atoms with Crippen LogP contribution in [0.3, 0.4) is 0 Å². The maximum Gasteiger partial charge on any atom is 0.161 e. The molecule has 3 aromatic carbocycles. The number of allylic oxidation sites excluding steroid dienone is 2. The Balaban J connectivity index is 1.81. The lowest BCUT2D eigenvalue weighted by atomic mass is 9.73. The number of anilines is 1. The van der Waals surface area contributed by atoms with Gasteiger partial charge in [0.2, 0.25) is 0 Å².